The van der Waals surface area contributed by atoms with Gasteiger partial charge in [0.05, 0.1) is 0 Å². The molecule has 1 heterocycles. The van der Waals surface area contributed by atoms with Crippen LogP contribution in [0.2, 0.25) is 0 Å². The number of para-hydroxylation sites is 1. The van der Waals surface area contributed by atoms with Gasteiger partial charge in [0.2, 0.25) is 0 Å². The van der Waals surface area contributed by atoms with Gasteiger partial charge in [0, 0.05) is 23.9 Å². The third kappa shape index (κ3) is 4.67. The highest BCUT2D eigenvalue weighted by Gasteiger charge is 2.12. The van der Waals surface area contributed by atoms with Gasteiger partial charge in [0.15, 0.2) is 0 Å². The van der Waals surface area contributed by atoms with E-state index in [0.717, 1.165) is 17.7 Å². The number of benzene rings is 2. The molecule has 0 fully saturated rings. The number of anilines is 2. The summed E-state index contributed by atoms with van der Waals surface area (Å²) in [4.78, 5) is 21.1. The van der Waals surface area contributed by atoms with Gasteiger partial charge < -0.3 is 10.6 Å². The van der Waals surface area contributed by atoms with Crippen LogP contribution in [0.4, 0.5) is 15.9 Å². The molecule has 0 aliphatic heterocycles. The average Bonchev–Trinajstić information content (AvgIpc) is 2.67. The molecule has 0 bridgehead atoms. The van der Waals surface area contributed by atoms with Crippen molar-refractivity contribution in [3.8, 4) is 0 Å². The van der Waals surface area contributed by atoms with Crippen LogP contribution in [0.3, 0.4) is 0 Å². The zero-order chi connectivity index (χ0) is 19.2. The van der Waals surface area contributed by atoms with E-state index >= 15 is 0 Å². The number of hydrogen-bond donors (Lipinski definition) is 2. The zero-order valence-electron chi connectivity index (χ0n) is 15.3. The molecule has 0 spiro atoms. The number of aryl methyl sites for hydroxylation is 2. The van der Waals surface area contributed by atoms with Gasteiger partial charge >= 0.3 is 0 Å². The standard InChI is InChI=1S/C21H21FN4O/c1-3-15-8-5-7-11-18(15)26-21(27)19-12-20(25-14(2)24-19)23-13-16-9-4-6-10-17(16)22/h4-12H,3,13H2,1-2H3,(H,26,27)(H,23,24,25). The third-order valence-corrected chi connectivity index (χ3v) is 4.13. The Kier molecular flexibility index (Phi) is 5.76. The Bertz CT molecular complexity index is 958. The smallest absolute Gasteiger partial charge is 0.274 e. The Morgan fingerprint density at radius 1 is 1.04 bits per heavy atom. The molecule has 0 saturated carbocycles. The molecule has 3 aromatic rings. The van der Waals surface area contributed by atoms with Crippen molar-refractivity contribution in [3.05, 3.63) is 83.1 Å². The van der Waals surface area contributed by atoms with Gasteiger partial charge in [-0.25, -0.2) is 14.4 Å². The number of carbonyl (C=O) groups is 1. The van der Waals surface area contributed by atoms with Crippen LogP contribution in [0.5, 0.6) is 0 Å². The molecule has 2 aromatic carbocycles. The molecule has 1 aromatic heterocycles. The normalized spacial score (nSPS) is 10.5. The van der Waals surface area contributed by atoms with Gasteiger partial charge in [-0.2, -0.15) is 0 Å². The van der Waals surface area contributed by atoms with Crippen molar-refractivity contribution in [2.75, 3.05) is 10.6 Å². The van der Waals surface area contributed by atoms with Crippen LogP contribution in [-0.2, 0) is 13.0 Å². The number of nitrogens with zero attached hydrogens (tertiary/aromatic N) is 2. The van der Waals surface area contributed by atoms with Crippen LogP contribution in [-0.4, -0.2) is 15.9 Å². The van der Waals surface area contributed by atoms with Gasteiger partial charge in [0.25, 0.3) is 5.91 Å². The topological polar surface area (TPSA) is 66.9 Å². The van der Waals surface area contributed by atoms with E-state index in [0.29, 0.717) is 17.2 Å². The second kappa shape index (κ2) is 8.40. The summed E-state index contributed by atoms with van der Waals surface area (Å²) in [5, 5.41) is 5.95. The third-order valence-electron chi connectivity index (χ3n) is 4.13. The molecule has 0 saturated heterocycles. The Balaban J connectivity index is 1.76. The lowest BCUT2D eigenvalue weighted by atomic mass is 10.1. The second-order valence-corrected chi connectivity index (χ2v) is 6.10. The number of hydrogen-bond acceptors (Lipinski definition) is 4. The summed E-state index contributed by atoms with van der Waals surface area (Å²) >= 11 is 0. The molecule has 1 amide bonds. The minimum Gasteiger partial charge on any atom is -0.366 e. The minimum atomic E-state index is -0.310. The van der Waals surface area contributed by atoms with E-state index < -0.39 is 0 Å². The molecule has 6 heteroatoms. The first-order chi connectivity index (χ1) is 13.1. The molecule has 5 nitrogen and oxygen atoms in total. The van der Waals surface area contributed by atoms with Crippen molar-refractivity contribution in [3.63, 3.8) is 0 Å². The fraction of sp³-hybridized carbons (Fsp3) is 0.190. The highest BCUT2D eigenvalue weighted by Crippen LogP contribution is 2.17. The van der Waals surface area contributed by atoms with Gasteiger partial charge in [-0.05, 0) is 31.0 Å². The summed E-state index contributed by atoms with van der Waals surface area (Å²) in [6.07, 6.45) is 0.814. The maximum Gasteiger partial charge on any atom is 0.274 e. The molecule has 0 aliphatic rings. The molecule has 0 atom stereocenters. The molecule has 0 aliphatic carbocycles. The molecule has 2 N–H and O–H groups in total. The van der Waals surface area contributed by atoms with Gasteiger partial charge in [-0.3, -0.25) is 4.79 Å². The summed E-state index contributed by atoms with van der Waals surface area (Å²) in [7, 11) is 0. The van der Waals surface area contributed by atoms with E-state index in [4.69, 9.17) is 0 Å². The van der Waals surface area contributed by atoms with E-state index in [9.17, 15) is 9.18 Å². The molecular weight excluding hydrogens is 343 g/mol. The highest BCUT2D eigenvalue weighted by atomic mass is 19.1. The molecular formula is C21H21FN4O. The number of rotatable bonds is 6. The van der Waals surface area contributed by atoms with Crippen LogP contribution >= 0.6 is 0 Å². The second-order valence-electron chi connectivity index (χ2n) is 6.10. The summed E-state index contributed by atoms with van der Waals surface area (Å²) in [5.41, 5.74) is 2.60. The quantitative estimate of drug-likeness (QED) is 0.682. The lowest BCUT2D eigenvalue weighted by molar-refractivity contribution is 0.102. The fourth-order valence-corrected chi connectivity index (χ4v) is 2.74. The summed E-state index contributed by atoms with van der Waals surface area (Å²) in [6.45, 7) is 4.01. The van der Waals surface area contributed by atoms with Gasteiger partial charge in [-0.15, -0.1) is 0 Å². The largest absolute Gasteiger partial charge is 0.366 e. The van der Waals surface area contributed by atoms with E-state index in [2.05, 4.69) is 20.6 Å². The molecule has 138 valence electrons. The maximum absolute atomic E-state index is 13.8. The lowest BCUT2D eigenvalue weighted by Gasteiger charge is -2.11. The summed E-state index contributed by atoms with van der Waals surface area (Å²) in [5.74, 6) is 0.336. The van der Waals surface area contributed by atoms with Crippen LogP contribution in [0, 0.1) is 12.7 Å². The molecule has 0 radical (unpaired) electrons. The van der Waals surface area contributed by atoms with Crippen LogP contribution in [0.1, 0.15) is 34.4 Å². The first-order valence-electron chi connectivity index (χ1n) is 8.79. The average molecular weight is 364 g/mol. The van der Waals surface area contributed by atoms with Gasteiger partial charge in [0.1, 0.15) is 23.2 Å². The summed E-state index contributed by atoms with van der Waals surface area (Å²) < 4.78 is 13.8. The van der Waals surface area contributed by atoms with Crippen molar-refractivity contribution in [1.82, 2.24) is 9.97 Å². The molecule has 3 rings (SSSR count). The summed E-state index contributed by atoms with van der Waals surface area (Å²) in [6, 6.07) is 15.7. The van der Waals surface area contributed by atoms with Crippen molar-refractivity contribution < 1.29 is 9.18 Å². The van der Waals surface area contributed by atoms with E-state index in [1.807, 2.05) is 31.2 Å². The monoisotopic (exact) mass is 364 g/mol. The minimum absolute atomic E-state index is 0.254. The van der Waals surface area contributed by atoms with E-state index in [-0.39, 0.29) is 24.0 Å². The predicted octanol–water partition coefficient (Wildman–Crippen LogP) is 4.35. The van der Waals surface area contributed by atoms with Crippen molar-refractivity contribution >= 4 is 17.4 Å². The Morgan fingerprint density at radius 2 is 1.74 bits per heavy atom. The first-order valence-corrected chi connectivity index (χ1v) is 8.79. The fourth-order valence-electron chi connectivity index (χ4n) is 2.74. The van der Waals surface area contributed by atoms with Crippen molar-refractivity contribution in [2.45, 2.75) is 26.8 Å². The van der Waals surface area contributed by atoms with E-state index in [1.165, 1.54) is 6.07 Å². The van der Waals surface area contributed by atoms with Crippen molar-refractivity contribution in [1.29, 1.82) is 0 Å². The maximum atomic E-state index is 13.8. The van der Waals surface area contributed by atoms with Crippen molar-refractivity contribution in [2.24, 2.45) is 0 Å². The zero-order valence-corrected chi connectivity index (χ0v) is 15.3. The predicted molar refractivity (Wildman–Crippen MR) is 104 cm³/mol. The number of nitrogens with one attached hydrogen (secondary N) is 2. The lowest BCUT2D eigenvalue weighted by Crippen LogP contribution is -2.16. The number of halogens is 1. The number of aromatic nitrogens is 2. The highest BCUT2D eigenvalue weighted by molar-refractivity contribution is 6.03. The number of carbonyl (C=O) groups excluding carboxylic acids is 1. The van der Waals surface area contributed by atoms with Crippen LogP contribution < -0.4 is 10.6 Å². The Morgan fingerprint density at radius 3 is 2.48 bits per heavy atom. The van der Waals surface area contributed by atoms with Crippen LogP contribution in [0.15, 0.2) is 54.6 Å². The Labute approximate surface area is 157 Å². The first kappa shape index (κ1) is 18.5. The SMILES string of the molecule is CCc1ccccc1NC(=O)c1cc(NCc2ccccc2F)nc(C)n1. The Hall–Kier alpha value is -3.28. The molecule has 27 heavy (non-hydrogen) atoms. The van der Waals surface area contributed by atoms with E-state index in [1.54, 1.807) is 31.2 Å². The number of amides is 1. The van der Waals surface area contributed by atoms with Crippen LogP contribution in [0.25, 0.3) is 0 Å². The van der Waals surface area contributed by atoms with Gasteiger partial charge in [-0.1, -0.05) is 43.3 Å². The molecule has 0 unspecified atom stereocenters.